The van der Waals surface area contributed by atoms with Crippen LogP contribution < -0.4 is 0 Å². The first kappa shape index (κ1) is 10.6. The number of hydrogen-bond acceptors (Lipinski definition) is 2. The summed E-state index contributed by atoms with van der Waals surface area (Å²) in [5.41, 5.74) is 1.34. The number of halogens is 1. The molecule has 0 saturated carbocycles. The van der Waals surface area contributed by atoms with Crippen molar-refractivity contribution in [1.82, 2.24) is 9.97 Å². The van der Waals surface area contributed by atoms with Gasteiger partial charge in [-0.05, 0) is 12.1 Å². The van der Waals surface area contributed by atoms with E-state index in [2.05, 4.69) is 9.97 Å². The van der Waals surface area contributed by atoms with Crippen LogP contribution in [-0.4, -0.2) is 21.0 Å². The van der Waals surface area contributed by atoms with Gasteiger partial charge in [0.25, 0.3) is 0 Å². The van der Waals surface area contributed by atoms with Gasteiger partial charge in [-0.3, -0.25) is 4.79 Å². The Morgan fingerprint density at radius 1 is 1.62 bits per heavy atom. The first-order valence-corrected chi connectivity index (χ1v) is 4.92. The number of aromatic nitrogens is 2. The van der Waals surface area contributed by atoms with Crippen molar-refractivity contribution in [2.75, 3.05) is 0 Å². The highest BCUT2D eigenvalue weighted by Gasteiger charge is 2.13. The molecule has 2 aromatic rings. The number of rotatable bonds is 3. The Balaban J connectivity index is 2.35. The number of carboxylic acid groups (broad SMARTS) is 1. The molecular weight excluding hydrogens is 211 g/mol. The summed E-state index contributed by atoms with van der Waals surface area (Å²) < 4.78 is 12.9. The van der Waals surface area contributed by atoms with Crippen molar-refractivity contribution in [3.63, 3.8) is 0 Å². The van der Waals surface area contributed by atoms with Gasteiger partial charge in [0.2, 0.25) is 0 Å². The predicted molar refractivity (Wildman–Crippen MR) is 56.7 cm³/mol. The van der Waals surface area contributed by atoms with Crippen LogP contribution in [0.4, 0.5) is 4.39 Å². The first-order valence-electron chi connectivity index (χ1n) is 4.92. The largest absolute Gasteiger partial charge is 0.481 e. The molecule has 0 saturated heterocycles. The lowest BCUT2D eigenvalue weighted by Gasteiger charge is -2.04. The molecule has 0 aliphatic carbocycles. The molecule has 2 heterocycles. The number of H-pyrrole nitrogens is 1. The van der Waals surface area contributed by atoms with Crippen molar-refractivity contribution in [3.05, 3.63) is 29.8 Å². The summed E-state index contributed by atoms with van der Waals surface area (Å²) in [5.74, 6) is -1.40. The fraction of sp³-hybridized carbons (Fsp3) is 0.273. The Bertz CT molecular complexity index is 536. The Kier molecular flexibility index (Phi) is 2.60. The molecule has 2 aromatic heterocycles. The second-order valence-electron chi connectivity index (χ2n) is 3.81. The van der Waals surface area contributed by atoms with Crippen LogP contribution in [0.25, 0.3) is 11.0 Å². The zero-order valence-electron chi connectivity index (χ0n) is 8.70. The number of pyridine rings is 1. The molecule has 0 aliphatic heterocycles. The maximum Gasteiger partial charge on any atom is 0.304 e. The second-order valence-corrected chi connectivity index (χ2v) is 3.81. The third-order valence-electron chi connectivity index (χ3n) is 2.47. The van der Waals surface area contributed by atoms with E-state index in [0.29, 0.717) is 11.0 Å². The maximum atomic E-state index is 12.9. The molecule has 0 bridgehead atoms. The molecule has 5 heteroatoms. The number of carboxylic acids is 1. The molecule has 0 aliphatic rings. The molecule has 0 spiro atoms. The third-order valence-corrected chi connectivity index (χ3v) is 2.47. The normalized spacial score (nSPS) is 12.9. The van der Waals surface area contributed by atoms with Crippen molar-refractivity contribution in [2.45, 2.75) is 19.3 Å². The molecule has 0 fully saturated rings. The van der Waals surface area contributed by atoms with Crippen LogP contribution in [0.2, 0.25) is 0 Å². The summed E-state index contributed by atoms with van der Waals surface area (Å²) >= 11 is 0. The smallest absolute Gasteiger partial charge is 0.304 e. The average molecular weight is 222 g/mol. The molecule has 2 N–H and O–H groups in total. The standard InChI is InChI=1S/C11H11FN2O2/c1-6(2-10(15)16)9-4-7-3-8(12)5-13-11(7)14-9/h3-6H,2H2,1H3,(H,13,14)(H,15,16). The second kappa shape index (κ2) is 3.92. The van der Waals surface area contributed by atoms with Crippen LogP contribution in [0, 0.1) is 5.82 Å². The lowest BCUT2D eigenvalue weighted by Crippen LogP contribution is -2.02. The predicted octanol–water partition coefficient (Wildman–Crippen LogP) is 2.28. The number of nitrogens with one attached hydrogen (secondary N) is 1. The van der Waals surface area contributed by atoms with Crippen LogP contribution in [0.1, 0.15) is 25.0 Å². The van der Waals surface area contributed by atoms with Crippen molar-refractivity contribution in [2.24, 2.45) is 0 Å². The summed E-state index contributed by atoms with van der Waals surface area (Å²) in [6, 6.07) is 3.11. The minimum atomic E-state index is -0.856. The fourth-order valence-corrected chi connectivity index (χ4v) is 1.65. The van der Waals surface area contributed by atoms with E-state index in [0.717, 1.165) is 11.9 Å². The highest BCUT2D eigenvalue weighted by atomic mass is 19.1. The SMILES string of the molecule is CC(CC(=O)O)c1cc2cc(F)cnc2[nH]1. The lowest BCUT2D eigenvalue weighted by molar-refractivity contribution is -0.137. The average Bonchev–Trinajstić information content (AvgIpc) is 2.59. The van der Waals surface area contributed by atoms with E-state index in [1.165, 1.54) is 6.07 Å². The Hall–Kier alpha value is -1.91. The van der Waals surface area contributed by atoms with E-state index in [9.17, 15) is 9.18 Å². The highest BCUT2D eigenvalue weighted by Crippen LogP contribution is 2.22. The summed E-state index contributed by atoms with van der Waals surface area (Å²) in [7, 11) is 0. The van der Waals surface area contributed by atoms with Crippen molar-refractivity contribution < 1.29 is 14.3 Å². The van der Waals surface area contributed by atoms with Gasteiger partial charge in [0.15, 0.2) is 0 Å². The maximum absolute atomic E-state index is 12.9. The van der Waals surface area contributed by atoms with Gasteiger partial charge in [-0.15, -0.1) is 0 Å². The van der Waals surface area contributed by atoms with E-state index in [1.54, 1.807) is 13.0 Å². The van der Waals surface area contributed by atoms with Gasteiger partial charge in [0.1, 0.15) is 11.5 Å². The Labute approximate surface area is 91.1 Å². The van der Waals surface area contributed by atoms with E-state index >= 15 is 0 Å². The van der Waals surface area contributed by atoms with E-state index < -0.39 is 11.8 Å². The minimum absolute atomic E-state index is 0.0370. The number of hydrogen-bond donors (Lipinski definition) is 2. The number of aliphatic carboxylic acids is 1. The van der Waals surface area contributed by atoms with Crippen LogP contribution in [0.3, 0.4) is 0 Å². The molecule has 0 amide bonds. The van der Waals surface area contributed by atoms with Gasteiger partial charge in [-0.1, -0.05) is 6.92 Å². The summed E-state index contributed by atoms with van der Waals surface area (Å²) in [6.07, 6.45) is 1.17. The topological polar surface area (TPSA) is 66.0 Å². The zero-order valence-corrected chi connectivity index (χ0v) is 8.70. The number of fused-ring (bicyclic) bond motifs is 1. The molecule has 0 aromatic carbocycles. The molecule has 0 radical (unpaired) electrons. The summed E-state index contributed by atoms with van der Waals surface area (Å²) in [6.45, 7) is 1.80. The van der Waals surface area contributed by atoms with Gasteiger partial charge in [0, 0.05) is 17.0 Å². The third kappa shape index (κ3) is 2.03. The van der Waals surface area contributed by atoms with Gasteiger partial charge in [-0.2, -0.15) is 0 Å². The van der Waals surface area contributed by atoms with Crippen molar-refractivity contribution >= 4 is 17.0 Å². The van der Waals surface area contributed by atoms with Crippen LogP contribution in [-0.2, 0) is 4.79 Å². The molecular formula is C11H11FN2O2. The van der Waals surface area contributed by atoms with Gasteiger partial charge in [0.05, 0.1) is 12.6 Å². The fourth-order valence-electron chi connectivity index (χ4n) is 1.65. The molecule has 4 nitrogen and oxygen atoms in total. The number of nitrogens with zero attached hydrogens (tertiary/aromatic N) is 1. The quantitative estimate of drug-likeness (QED) is 0.837. The molecule has 16 heavy (non-hydrogen) atoms. The van der Waals surface area contributed by atoms with Gasteiger partial charge < -0.3 is 10.1 Å². The highest BCUT2D eigenvalue weighted by molar-refractivity contribution is 5.77. The minimum Gasteiger partial charge on any atom is -0.481 e. The van der Waals surface area contributed by atoms with E-state index in [1.807, 2.05) is 0 Å². The zero-order chi connectivity index (χ0) is 11.7. The molecule has 84 valence electrons. The van der Waals surface area contributed by atoms with E-state index in [4.69, 9.17) is 5.11 Å². The van der Waals surface area contributed by atoms with Gasteiger partial charge in [-0.25, -0.2) is 9.37 Å². The van der Waals surface area contributed by atoms with Crippen LogP contribution in [0.15, 0.2) is 18.3 Å². The Morgan fingerprint density at radius 3 is 3.06 bits per heavy atom. The monoisotopic (exact) mass is 222 g/mol. The summed E-state index contributed by atoms with van der Waals surface area (Å²) in [5, 5.41) is 9.33. The van der Waals surface area contributed by atoms with Crippen molar-refractivity contribution in [1.29, 1.82) is 0 Å². The number of aromatic amines is 1. The first-order chi connectivity index (χ1) is 7.56. The Morgan fingerprint density at radius 2 is 2.38 bits per heavy atom. The molecule has 1 atom stereocenters. The van der Waals surface area contributed by atoms with Crippen molar-refractivity contribution in [3.8, 4) is 0 Å². The lowest BCUT2D eigenvalue weighted by atomic mass is 10.0. The number of carbonyl (C=O) groups is 1. The van der Waals surface area contributed by atoms with Gasteiger partial charge >= 0.3 is 5.97 Å². The summed E-state index contributed by atoms with van der Waals surface area (Å²) in [4.78, 5) is 17.4. The van der Waals surface area contributed by atoms with Crippen LogP contribution in [0.5, 0.6) is 0 Å². The van der Waals surface area contributed by atoms with Crippen LogP contribution >= 0.6 is 0 Å². The molecule has 2 rings (SSSR count). The van der Waals surface area contributed by atoms with E-state index in [-0.39, 0.29) is 12.3 Å². The molecule has 1 unspecified atom stereocenters.